The second-order valence-corrected chi connectivity index (χ2v) is 4.36. The van der Waals surface area contributed by atoms with Gasteiger partial charge in [-0.05, 0) is 6.07 Å². The Labute approximate surface area is 109 Å². The van der Waals surface area contributed by atoms with Crippen molar-refractivity contribution >= 4 is 29.0 Å². The maximum absolute atomic E-state index is 11.3. The van der Waals surface area contributed by atoms with Crippen molar-refractivity contribution in [2.45, 2.75) is 6.92 Å². The van der Waals surface area contributed by atoms with E-state index >= 15 is 0 Å². The number of benzene rings is 1. The molecular formula is C13H9Cl2NO. The van der Waals surface area contributed by atoms with E-state index in [0.717, 1.165) is 5.56 Å². The summed E-state index contributed by atoms with van der Waals surface area (Å²) >= 11 is 12.1. The van der Waals surface area contributed by atoms with Gasteiger partial charge in [-0.3, -0.25) is 4.79 Å². The van der Waals surface area contributed by atoms with Crippen LogP contribution in [-0.2, 0) is 0 Å². The molecule has 1 aromatic carbocycles. The maximum atomic E-state index is 11.3. The van der Waals surface area contributed by atoms with Crippen molar-refractivity contribution in [1.82, 2.24) is 4.98 Å². The van der Waals surface area contributed by atoms with Gasteiger partial charge in [-0.1, -0.05) is 53.5 Å². The van der Waals surface area contributed by atoms with Gasteiger partial charge in [0.25, 0.3) is 0 Å². The van der Waals surface area contributed by atoms with Crippen LogP contribution < -0.4 is 0 Å². The van der Waals surface area contributed by atoms with E-state index in [2.05, 4.69) is 4.98 Å². The minimum atomic E-state index is -0.138. The standard InChI is InChI=1S/C13H9Cl2NO/c1-8(17)11-7-10(14)12(15)13(16-11)9-5-3-2-4-6-9/h2-7H,1H3. The number of ketones is 1. The molecule has 0 aliphatic heterocycles. The molecule has 86 valence electrons. The molecule has 2 rings (SSSR count). The highest BCUT2D eigenvalue weighted by atomic mass is 35.5. The molecule has 0 atom stereocenters. The Kier molecular flexibility index (Phi) is 3.46. The van der Waals surface area contributed by atoms with E-state index in [1.54, 1.807) is 0 Å². The molecule has 1 heterocycles. The van der Waals surface area contributed by atoms with Crippen LogP contribution in [0.4, 0.5) is 0 Å². The minimum Gasteiger partial charge on any atom is -0.293 e. The number of hydrogen-bond acceptors (Lipinski definition) is 2. The molecule has 0 radical (unpaired) electrons. The SMILES string of the molecule is CC(=O)c1cc(Cl)c(Cl)c(-c2ccccc2)n1. The fraction of sp³-hybridized carbons (Fsp3) is 0.0769. The van der Waals surface area contributed by atoms with E-state index in [0.29, 0.717) is 21.4 Å². The van der Waals surface area contributed by atoms with Crippen molar-refractivity contribution < 1.29 is 4.79 Å². The van der Waals surface area contributed by atoms with E-state index in [9.17, 15) is 4.79 Å². The van der Waals surface area contributed by atoms with Crippen LogP contribution in [-0.4, -0.2) is 10.8 Å². The Balaban J connectivity index is 2.65. The van der Waals surface area contributed by atoms with Crippen LogP contribution in [0.3, 0.4) is 0 Å². The van der Waals surface area contributed by atoms with Crippen LogP contribution in [0.2, 0.25) is 10.0 Å². The van der Waals surface area contributed by atoms with Gasteiger partial charge < -0.3 is 0 Å². The third-order valence-electron chi connectivity index (χ3n) is 2.32. The van der Waals surface area contributed by atoms with Crippen LogP contribution in [0.15, 0.2) is 36.4 Å². The van der Waals surface area contributed by atoms with Gasteiger partial charge in [-0.2, -0.15) is 0 Å². The zero-order valence-corrected chi connectivity index (χ0v) is 10.6. The average molecular weight is 266 g/mol. The first-order valence-corrected chi connectivity index (χ1v) is 5.77. The minimum absolute atomic E-state index is 0.138. The largest absolute Gasteiger partial charge is 0.293 e. The Bertz CT molecular complexity index is 567. The lowest BCUT2D eigenvalue weighted by Gasteiger charge is -2.07. The van der Waals surface area contributed by atoms with Crippen LogP contribution in [0.25, 0.3) is 11.3 Å². The van der Waals surface area contributed by atoms with Crippen molar-refractivity contribution in [2.75, 3.05) is 0 Å². The van der Waals surface area contributed by atoms with Gasteiger partial charge in [-0.15, -0.1) is 0 Å². The molecule has 2 nitrogen and oxygen atoms in total. The number of Topliss-reactive ketones (excluding diaryl/α,β-unsaturated/α-hetero) is 1. The molecular weight excluding hydrogens is 257 g/mol. The lowest BCUT2D eigenvalue weighted by atomic mass is 10.1. The molecule has 0 aliphatic rings. The van der Waals surface area contributed by atoms with Gasteiger partial charge >= 0.3 is 0 Å². The Morgan fingerprint density at radius 2 is 1.82 bits per heavy atom. The predicted molar refractivity (Wildman–Crippen MR) is 69.7 cm³/mol. The van der Waals surface area contributed by atoms with Crippen LogP contribution in [0.5, 0.6) is 0 Å². The zero-order chi connectivity index (χ0) is 12.4. The summed E-state index contributed by atoms with van der Waals surface area (Å²) in [5.41, 5.74) is 1.69. The highest BCUT2D eigenvalue weighted by Crippen LogP contribution is 2.32. The first-order chi connectivity index (χ1) is 8.09. The van der Waals surface area contributed by atoms with Gasteiger partial charge in [0.2, 0.25) is 0 Å². The molecule has 0 bridgehead atoms. The van der Waals surface area contributed by atoms with E-state index in [4.69, 9.17) is 23.2 Å². The number of nitrogens with zero attached hydrogens (tertiary/aromatic N) is 1. The zero-order valence-electron chi connectivity index (χ0n) is 9.08. The number of halogens is 2. The molecule has 0 unspecified atom stereocenters. The maximum Gasteiger partial charge on any atom is 0.178 e. The van der Waals surface area contributed by atoms with Gasteiger partial charge in [0.05, 0.1) is 15.7 Å². The number of pyridine rings is 1. The number of rotatable bonds is 2. The quantitative estimate of drug-likeness (QED) is 0.760. The van der Waals surface area contributed by atoms with E-state index in [-0.39, 0.29) is 5.78 Å². The lowest BCUT2D eigenvalue weighted by molar-refractivity contribution is 0.101. The van der Waals surface area contributed by atoms with Crippen LogP contribution >= 0.6 is 23.2 Å². The molecule has 0 saturated carbocycles. The molecule has 0 aliphatic carbocycles. The number of carbonyl (C=O) groups is 1. The van der Waals surface area contributed by atoms with E-state index in [1.807, 2.05) is 30.3 Å². The summed E-state index contributed by atoms with van der Waals surface area (Å²) in [6.07, 6.45) is 0. The smallest absolute Gasteiger partial charge is 0.178 e. The lowest BCUT2D eigenvalue weighted by Crippen LogP contribution is -1.99. The molecule has 0 N–H and O–H groups in total. The van der Waals surface area contributed by atoms with Gasteiger partial charge in [-0.25, -0.2) is 4.98 Å². The van der Waals surface area contributed by atoms with Crippen LogP contribution in [0.1, 0.15) is 17.4 Å². The van der Waals surface area contributed by atoms with Crippen molar-refractivity contribution in [2.24, 2.45) is 0 Å². The molecule has 0 fully saturated rings. The Morgan fingerprint density at radius 1 is 1.18 bits per heavy atom. The van der Waals surface area contributed by atoms with Crippen molar-refractivity contribution in [3.8, 4) is 11.3 Å². The highest BCUT2D eigenvalue weighted by molar-refractivity contribution is 6.43. The summed E-state index contributed by atoms with van der Waals surface area (Å²) in [6.45, 7) is 1.45. The highest BCUT2D eigenvalue weighted by Gasteiger charge is 2.13. The Morgan fingerprint density at radius 3 is 2.41 bits per heavy atom. The fourth-order valence-electron chi connectivity index (χ4n) is 1.47. The molecule has 0 amide bonds. The van der Waals surface area contributed by atoms with Crippen molar-refractivity contribution in [1.29, 1.82) is 0 Å². The van der Waals surface area contributed by atoms with Crippen molar-refractivity contribution in [3.63, 3.8) is 0 Å². The first kappa shape index (κ1) is 12.1. The normalized spacial score (nSPS) is 10.3. The monoisotopic (exact) mass is 265 g/mol. The van der Waals surface area contributed by atoms with E-state index < -0.39 is 0 Å². The first-order valence-electron chi connectivity index (χ1n) is 5.02. The second-order valence-electron chi connectivity index (χ2n) is 3.57. The van der Waals surface area contributed by atoms with Crippen LogP contribution in [0, 0.1) is 0 Å². The molecule has 2 aromatic rings. The molecule has 1 aromatic heterocycles. The molecule has 4 heteroatoms. The summed E-state index contributed by atoms with van der Waals surface area (Å²) in [6, 6.07) is 10.9. The third kappa shape index (κ3) is 2.48. The van der Waals surface area contributed by atoms with Gasteiger partial charge in [0, 0.05) is 12.5 Å². The number of carbonyl (C=O) groups excluding carboxylic acids is 1. The molecule has 0 saturated heterocycles. The fourth-order valence-corrected chi connectivity index (χ4v) is 1.86. The summed E-state index contributed by atoms with van der Waals surface area (Å²) < 4.78 is 0. The Hall–Kier alpha value is -1.38. The summed E-state index contributed by atoms with van der Waals surface area (Å²) in [7, 11) is 0. The summed E-state index contributed by atoms with van der Waals surface area (Å²) in [4.78, 5) is 15.6. The van der Waals surface area contributed by atoms with Crippen molar-refractivity contribution in [3.05, 3.63) is 52.1 Å². The predicted octanol–water partition coefficient (Wildman–Crippen LogP) is 4.26. The molecule has 0 spiro atoms. The number of hydrogen-bond donors (Lipinski definition) is 0. The molecule has 17 heavy (non-hydrogen) atoms. The van der Waals surface area contributed by atoms with E-state index in [1.165, 1.54) is 13.0 Å². The average Bonchev–Trinajstić information content (AvgIpc) is 2.33. The third-order valence-corrected chi connectivity index (χ3v) is 3.10. The van der Waals surface area contributed by atoms with Gasteiger partial charge in [0.1, 0.15) is 5.69 Å². The second kappa shape index (κ2) is 4.86. The van der Waals surface area contributed by atoms with Gasteiger partial charge in [0.15, 0.2) is 5.78 Å². The topological polar surface area (TPSA) is 30.0 Å². The summed E-state index contributed by atoms with van der Waals surface area (Å²) in [5, 5.41) is 0.702. The summed E-state index contributed by atoms with van der Waals surface area (Å²) in [5.74, 6) is -0.138. The number of aromatic nitrogens is 1.